The second kappa shape index (κ2) is 13.2. The number of aliphatic hydroxyl groups is 4. The van der Waals surface area contributed by atoms with Gasteiger partial charge in [-0.3, -0.25) is 0 Å². The fourth-order valence-electron chi connectivity index (χ4n) is 3.01. The Kier molecular flexibility index (Phi) is 12.7. The lowest BCUT2D eigenvalue weighted by molar-refractivity contribution is 0.0434. The molecule has 0 aromatic heterocycles. The number of aliphatic hydroxyl groups excluding tert-OH is 4. The Morgan fingerprint density at radius 2 is 1.12 bits per heavy atom. The Bertz CT molecular complexity index is 363. The molecule has 0 aromatic rings. The first kappa shape index (κ1) is 24.0. The van der Waals surface area contributed by atoms with E-state index >= 15 is 0 Å². The number of unbranched alkanes of at least 4 members (excludes halogenated alkanes) is 2. The second-order valence-corrected chi connectivity index (χ2v) is 7.12. The van der Waals surface area contributed by atoms with Crippen molar-refractivity contribution in [3.8, 4) is 0 Å². The fourth-order valence-corrected chi connectivity index (χ4v) is 3.01. The molecule has 0 rings (SSSR count). The Balaban J connectivity index is 5.55. The van der Waals surface area contributed by atoms with Crippen LogP contribution in [0.2, 0.25) is 0 Å². The van der Waals surface area contributed by atoms with E-state index in [0.717, 1.165) is 51.4 Å². The number of hydrogen-bond acceptors (Lipinski definition) is 4. The monoisotopic (exact) mass is 356 g/mol. The highest BCUT2D eigenvalue weighted by molar-refractivity contribution is 5.23. The van der Waals surface area contributed by atoms with Crippen molar-refractivity contribution in [1.82, 2.24) is 0 Å². The third kappa shape index (κ3) is 7.41. The van der Waals surface area contributed by atoms with Crippen LogP contribution >= 0.6 is 0 Å². The summed E-state index contributed by atoms with van der Waals surface area (Å²) in [7, 11) is 0. The highest BCUT2D eigenvalue weighted by Gasteiger charge is 2.39. The molecule has 0 radical (unpaired) electrons. The zero-order valence-electron chi connectivity index (χ0n) is 16.7. The summed E-state index contributed by atoms with van der Waals surface area (Å²) >= 11 is 0. The molecular weight excluding hydrogens is 316 g/mol. The lowest BCUT2D eigenvalue weighted by Gasteiger charge is -2.30. The smallest absolute Gasteiger partial charge is 0.129 e. The Labute approximate surface area is 154 Å². The summed E-state index contributed by atoms with van der Waals surface area (Å²) in [5.74, 6) is 0.0960. The predicted octanol–water partition coefficient (Wildman–Crippen LogP) is 5.27. The lowest BCUT2D eigenvalue weighted by Crippen LogP contribution is -2.35. The highest BCUT2D eigenvalue weighted by Crippen LogP contribution is 2.35. The van der Waals surface area contributed by atoms with Crippen molar-refractivity contribution in [2.75, 3.05) is 13.2 Å². The van der Waals surface area contributed by atoms with Crippen LogP contribution in [0.4, 0.5) is 0 Å². The lowest BCUT2D eigenvalue weighted by atomic mass is 9.81. The summed E-state index contributed by atoms with van der Waals surface area (Å²) in [4.78, 5) is 0. The first-order chi connectivity index (χ1) is 11.9. The van der Waals surface area contributed by atoms with E-state index in [2.05, 4.69) is 27.7 Å². The normalized spacial score (nSPS) is 16.1. The van der Waals surface area contributed by atoms with E-state index in [1.54, 1.807) is 12.2 Å². The second-order valence-electron chi connectivity index (χ2n) is 7.12. The summed E-state index contributed by atoms with van der Waals surface area (Å²) in [5.41, 5.74) is -1.50. The van der Waals surface area contributed by atoms with Crippen molar-refractivity contribution < 1.29 is 20.4 Å². The van der Waals surface area contributed by atoms with Crippen molar-refractivity contribution in [1.29, 1.82) is 0 Å². The van der Waals surface area contributed by atoms with Crippen LogP contribution in [0.5, 0.6) is 0 Å². The van der Waals surface area contributed by atoms with Crippen LogP contribution in [-0.2, 0) is 0 Å². The van der Waals surface area contributed by atoms with E-state index in [9.17, 15) is 20.4 Å². The molecule has 25 heavy (non-hydrogen) atoms. The van der Waals surface area contributed by atoms with Crippen molar-refractivity contribution in [2.24, 2.45) is 17.3 Å². The molecule has 4 nitrogen and oxygen atoms in total. The van der Waals surface area contributed by atoms with Gasteiger partial charge in [-0.25, -0.2) is 0 Å². The number of hydrogen-bond donors (Lipinski definition) is 4. The topological polar surface area (TPSA) is 80.9 Å². The summed E-state index contributed by atoms with van der Waals surface area (Å²) < 4.78 is 0. The van der Waals surface area contributed by atoms with Gasteiger partial charge in [0.1, 0.15) is 16.9 Å². The average molecular weight is 357 g/mol. The molecule has 0 aliphatic carbocycles. The maximum absolute atomic E-state index is 10.6. The third-order valence-electron chi connectivity index (χ3n) is 5.21. The molecule has 148 valence electrons. The molecule has 0 spiro atoms. The van der Waals surface area contributed by atoms with Gasteiger partial charge in [-0.05, 0) is 49.7 Å². The first-order valence-corrected chi connectivity index (χ1v) is 9.99. The molecule has 0 saturated heterocycles. The minimum Gasteiger partial charge on any atom is -0.511 e. The summed E-state index contributed by atoms with van der Waals surface area (Å²) in [6.45, 7) is 7.30. The summed E-state index contributed by atoms with van der Waals surface area (Å²) in [6, 6.07) is 0. The van der Waals surface area contributed by atoms with Crippen LogP contribution in [-0.4, -0.2) is 33.6 Å². The minimum atomic E-state index is -1.50. The largest absolute Gasteiger partial charge is 0.511 e. The Morgan fingerprint density at radius 3 is 1.36 bits per heavy atom. The van der Waals surface area contributed by atoms with E-state index in [4.69, 9.17) is 0 Å². The van der Waals surface area contributed by atoms with Gasteiger partial charge >= 0.3 is 0 Å². The van der Waals surface area contributed by atoms with Crippen molar-refractivity contribution in [3.63, 3.8) is 0 Å². The average Bonchev–Trinajstić information content (AvgIpc) is 2.63. The number of rotatable bonds is 14. The molecule has 4 N–H and O–H groups in total. The first-order valence-electron chi connectivity index (χ1n) is 9.99. The summed E-state index contributed by atoms with van der Waals surface area (Å²) in [6.07, 6.45) is 11.3. The molecule has 0 saturated carbocycles. The zero-order valence-corrected chi connectivity index (χ0v) is 16.7. The summed E-state index contributed by atoms with van der Waals surface area (Å²) in [5, 5.41) is 41.0. The van der Waals surface area contributed by atoms with Crippen LogP contribution in [0.3, 0.4) is 0 Å². The molecule has 0 fully saturated rings. The van der Waals surface area contributed by atoms with Crippen LogP contribution < -0.4 is 0 Å². The highest BCUT2D eigenvalue weighted by atomic mass is 16.3. The molecule has 0 aliphatic rings. The van der Waals surface area contributed by atoms with Gasteiger partial charge in [0.05, 0.1) is 13.2 Å². The molecule has 2 atom stereocenters. The van der Waals surface area contributed by atoms with E-state index in [1.165, 1.54) is 0 Å². The fraction of sp³-hybridized carbons (Fsp3) is 0.810. The number of allylic oxidation sites excluding steroid dienone is 2. The van der Waals surface area contributed by atoms with Gasteiger partial charge in [0, 0.05) is 0 Å². The van der Waals surface area contributed by atoms with Crippen molar-refractivity contribution in [2.45, 2.75) is 79.1 Å². The van der Waals surface area contributed by atoms with Crippen molar-refractivity contribution >= 4 is 0 Å². The molecule has 0 aliphatic heterocycles. The maximum Gasteiger partial charge on any atom is 0.129 e. The van der Waals surface area contributed by atoms with Gasteiger partial charge in [0.25, 0.3) is 0 Å². The molecule has 4 heteroatoms. The Morgan fingerprint density at radius 1 is 0.760 bits per heavy atom. The van der Waals surface area contributed by atoms with E-state index in [-0.39, 0.29) is 23.4 Å². The van der Waals surface area contributed by atoms with Crippen LogP contribution in [0.25, 0.3) is 0 Å². The molecular formula is C21H40O4. The van der Waals surface area contributed by atoms with E-state index < -0.39 is 18.6 Å². The molecule has 0 heterocycles. The quantitative estimate of drug-likeness (QED) is 0.319. The van der Waals surface area contributed by atoms with Gasteiger partial charge < -0.3 is 20.4 Å². The van der Waals surface area contributed by atoms with E-state index in [0.29, 0.717) is 0 Å². The SMILES string of the molecule is CCCCC(C=C(O)C(CO)(CO)C(O)=CC(CC)CCCC)CC. The van der Waals surface area contributed by atoms with Gasteiger partial charge in [0.15, 0.2) is 0 Å². The molecule has 2 unspecified atom stereocenters. The van der Waals surface area contributed by atoms with Gasteiger partial charge in [-0.2, -0.15) is 0 Å². The minimum absolute atomic E-state index is 0.125. The predicted molar refractivity (Wildman–Crippen MR) is 105 cm³/mol. The Hall–Kier alpha value is -1.00. The molecule has 0 bridgehead atoms. The van der Waals surface area contributed by atoms with Gasteiger partial charge in [-0.15, -0.1) is 0 Å². The standard InChI is InChI=1S/C21H40O4/c1-5-9-11-17(7-3)13-19(24)21(15-22,16-23)20(25)14-18(8-4)12-10-6-2/h13-14,17-18,22-25H,5-12,15-16H2,1-4H3. The van der Waals surface area contributed by atoms with Gasteiger partial charge in [0.2, 0.25) is 0 Å². The van der Waals surface area contributed by atoms with Gasteiger partial charge in [-0.1, -0.05) is 53.4 Å². The van der Waals surface area contributed by atoms with Crippen LogP contribution in [0, 0.1) is 17.3 Å². The van der Waals surface area contributed by atoms with E-state index in [1.807, 2.05) is 0 Å². The van der Waals surface area contributed by atoms with Crippen LogP contribution in [0.1, 0.15) is 79.1 Å². The maximum atomic E-state index is 10.6. The third-order valence-corrected chi connectivity index (χ3v) is 5.21. The van der Waals surface area contributed by atoms with Crippen LogP contribution in [0.15, 0.2) is 23.7 Å². The zero-order chi connectivity index (χ0) is 19.3. The molecule has 0 aromatic carbocycles. The van der Waals surface area contributed by atoms with Crippen molar-refractivity contribution in [3.05, 3.63) is 23.7 Å². The molecule has 0 amide bonds.